The van der Waals surface area contributed by atoms with Gasteiger partial charge in [0.25, 0.3) is 0 Å². The fourth-order valence-electron chi connectivity index (χ4n) is 4.75. The lowest BCUT2D eigenvalue weighted by Gasteiger charge is -2.24. The second kappa shape index (κ2) is 10.2. The molecule has 0 radical (unpaired) electrons. The van der Waals surface area contributed by atoms with Crippen LogP contribution in [0.3, 0.4) is 0 Å². The van der Waals surface area contributed by atoms with Crippen LogP contribution in [0.25, 0.3) is 11.2 Å². The van der Waals surface area contributed by atoms with Crippen molar-refractivity contribution in [3.8, 4) is 0 Å². The molecule has 0 saturated carbocycles. The van der Waals surface area contributed by atoms with Crippen molar-refractivity contribution in [1.29, 1.82) is 0 Å². The molecule has 2 aromatic heterocycles. The number of carbonyl (C=O) groups excluding carboxylic acids is 1. The van der Waals surface area contributed by atoms with Crippen molar-refractivity contribution >= 4 is 27.1 Å². The standard InChI is InChI=1S/C28H32N4O3S/c1-6-24-30-26-18(2)16-19(3)29-27(26)32(24)17-21-12-14-23(15-13-21)25(22-10-8-7-9-11-22)20(4)28(33)31-36(5,34)35/h7-16,20,25H,6,17H2,1-5H3,(H,31,33)/t20-,25+/m0/s1. The van der Waals surface area contributed by atoms with Gasteiger partial charge >= 0.3 is 0 Å². The minimum atomic E-state index is -3.65. The van der Waals surface area contributed by atoms with E-state index >= 15 is 0 Å². The van der Waals surface area contributed by atoms with E-state index in [1.54, 1.807) is 6.92 Å². The Morgan fingerprint density at radius 1 is 1.00 bits per heavy atom. The monoisotopic (exact) mass is 504 g/mol. The Balaban J connectivity index is 1.68. The molecule has 2 atom stereocenters. The molecule has 188 valence electrons. The molecular weight excluding hydrogens is 472 g/mol. The number of aryl methyl sites for hydroxylation is 3. The molecule has 1 N–H and O–H groups in total. The Hall–Kier alpha value is -3.52. The highest BCUT2D eigenvalue weighted by atomic mass is 32.2. The van der Waals surface area contributed by atoms with Gasteiger partial charge in [0, 0.05) is 24.0 Å². The van der Waals surface area contributed by atoms with Crippen LogP contribution >= 0.6 is 0 Å². The van der Waals surface area contributed by atoms with E-state index in [-0.39, 0.29) is 5.92 Å². The van der Waals surface area contributed by atoms with Gasteiger partial charge in [-0.25, -0.2) is 18.4 Å². The summed E-state index contributed by atoms with van der Waals surface area (Å²) in [7, 11) is -3.65. The van der Waals surface area contributed by atoms with Gasteiger partial charge < -0.3 is 4.57 Å². The van der Waals surface area contributed by atoms with Crippen LogP contribution in [0.1, 0.15) is 53.5 Å². The van der Waals surface area contributed by atoms with E-state index in [4.69, 9.17) is 9.97 Å². The average molecular weight is 505 g/mol. The topological polar surface area (TPSA) is 93.9 Å². The molecule has 0 bridgehead atoms. The van der Waals surface area contributed by atoms with Crippen molar-refractivity contribution < 1.29 is 13.2 Å². The van der Waals surface area contributed by atoms with Gasteiger partial charge in [-0.15, -0.1) is 0 Å². The Bertz CT molecular complexity index is 1490. The normalized spacial score (nSPS) is 13.5. The Morgan fingerprint density at radius 2 is 1.64 bits per heavy atom. The molecule has 36 heavy (non-hydrogen) atoms. The number of hydrogen-bond donors (Lipinski definition) is 1. The lowest BCUT2D eigenvalue weighted by Crippen LogP contribution is -2.36. The Labute approximate surface area is 212 Å². The number of hydrogen-bond acceptors (Lipinski definition) is 5. The summed E-state index contributed by atoms with van der Waals surface area (Å²) >= 11 is 0. The maximum absolute atomic E-state index is 12.8. The predicted octanol–water partition coefficient (Wildman–Crippen LogP) is 4.50. The molecule has 0 fully saturated rings. The SMILES string of the molecule is CCc1nc2c(C)cc(C)nc2n1Cc1ccc([C@@H](c2ccccc2)[C@H](C)C(=O)NS(C)(=O)=O)cc1. The van der Waals surface area contributed by atoms with Gasteiger partial charge in [-0.2, -0.15) is 0 Å². The molecule has 0 spiro atoms. The van der Waals surface area contributed by atoms with E-state index in [1.807, 2.05) is 49.4 Å². The largest absolute Gasteiger partial charge is 0.308 e. The van der Waals surface area contributed by atoms with Crippen molar-refractivity contribution in [2.24, 2.45) is 5.92 Å². The molecule has 0 aliphatic carbocycles. The van der Waals surface area contributed by atoms with Gasteiger partial charge in [0.2, 0.25) is 15.9 Å². The first kappa shape index (κ1) is 25.6. The highest BCUT2D eigenvalue weighted by Crippen LogP contribution is 2.33. The van der Waals surface area contributed by atoms with Gasteiger partial charge in [0.1, 0.15) is 11.3 Å². The molecule has 0 saturated heterocycles. The number of pyridine rings is 1. The van der Waals surface area contributed by atoms with Gasteiger partial charge in [-0.3, -0.25) is 9.52 Å². The van der Waals surface area contributed by atoms with Gasteiger partial charge in [0.05, 0.1) is 12.8 Å². The van der Waals surface area contributed by atoms with Crippen molar-refractivity contribution in [2.45, 2.75) is 46.6 Å². The van der Waals surface area contributed by atoms with Gasteiger partial charge in [-0.05, 0) is 42.2 Å². The summed E-state index contributed by atoms with van der Waals surface area (Å²) in [5.41, 5.74) is 6.89. The van der Waals surface area contributed by atoms with Crippen LogP contribution in [0.15, 0.2) is 60.7 Å². The maximum Gasteiger partial charge on any atom is 0.237 e. The minimum Gasteiger partial charge on any atom is -0.308 e. The van der Waals surface area contributed by atoms with E-state index in [0.717, 1.165) is 57.6 Å². The third-order valence-electron chi connectivity index (χ3n) is 6.46. The second-order valence-electron chi connectivity index (χ2n) is 9.38. The molecule has 8 heteroatoms. The summed E-state index contributed by atoms with van der Waals surface area (Å²) in [4.78, 5) is 22.4. The summed E-state index contributed by atoms with van der Waals surface area (Å²) in [5.74, 6) is -0.421. The summed E-state index contributed by atoms with van der Waals surface area (Å²) in [6.45, 7) is 8.54. The van der Waals surface area contributed by atoms with Crippen molar-refractivity contribution in [1.82, 2.24) is 19.3 Å². The zero-order chi connectivity index (χ0) is 26.0. The van der Waals surface area contributed by atoms with Crippen LogP contribution in [0.5, 0.6) is 0 Å². The average Bonchev–Trinajstić information content (AvgIpc) is 3.17. The molecule has 2 heterocycles. The molecule has 1 amide bonds. The third-order valence-corrected chi connectivity index (χ3v) is 7.03. The minimum absolute atomic E-state index is 0.297. The molecule has 0 aliphatic heterocycles. The molecular formula is C28H32N4O3S. The fourth-order valence-corrected chi connectivity index (χ4v) is 5.31. The summed E-state index contributed by atoms with van der Waals surface area (Å²) in [6, 6.07) is 19.9. The summed E-state index contributed by atoms with van der Waals surface area (Å²) < 4.78 is 27.7. The first-order chi connectivity index (χ1) is 17.1. The number of aromatic nitrogens is 3. The van der Waals surface area contributed by atoms with Crippen molar-refractivity contribution in [2.75, 3.05) is 6.26 Å². The van der Waals surface area contributed by atoms with E-state index < -0.39 is 21.8 Å². The molecule has 0 aliphatic rings. The smallest absolute Gasteiger partial charge is 0.237 e. The van der Waals surface area contributed by atoms with Crippen LogP contribution < -0.4 is 4.72 Å². The number of benzene rings is 2. The van der Waals surface area contributed by atoms with E-state index in [2.05, 4.69) is 41.3 Å². The molecule has 2 aromatic carbocycles. The number of amides is 1. The number of nitrogens with one attached hydrogen (secondary N) is 1. The van der Waals surface area contributed by atoms with Gasteiger partial charge in [-0.1, -0.05) is 68.4 Å². The van der Waals surface area contributed by atoms with E-state index in [0.29, 0.717) is 6.54 Å². The quantitative estimate of drug-likeness (QED) is 0.381. The van der Waals surface area contributed by atoms with Crippen LogP contribution in [0, 0.1) is 19.8 Å². The summed E-state index contributed by atoms with van der Waals surface area (Å²) in [5, 5.41) is 0. The predicted molar refractivity (Wildman–Crippen MR) is 142 cm³/mol. The number of sulfonamides is 1. The maximum atomic E-state index is 12.8. The third kappa shape index (κ3) is 5.49. The van der Waals surface area contributed by atoms with Crippen LogP contribution in [-0.2, 0) is 27.8 Å². The second-order valence-corrected chi connectivity index (χ2v) is 11.1. The van der Waals surface area contributed by atoms with E-state index in [9.17, 15) is 13.2 Å². The Morgan fingerprint density at radius 3 is 2.25 bits per heavy atom. The number of rotatable bonds is 8. The van der Waals surface area contributed by atoms with Crippen LogP contribution in [-0.4, -0.2) is 35.1 Å². The highest BCUT2D eigenvalue weighted by molar-refractivity contribution is 7.89. The molecule has 7 nitrogen and oxygen atoms in total. The lowest BCUT2D eigenvalue weighted by atomic mass is 9.81. The van der Waals surface area contributed by atoms with Crippen LogP contribution in [0.2, 0.25) is 0 Å². The van der Waals surface area contributed by atoms with Crippen molar-refractivity contribution in [3.05, 3.63) is 94.4 Å². The zero-order valence-electron chi connectivity index (χ0n) is 21.3. The Kier molecular flexibility index (Phi) is 7.26. The number of fused-ring (bicyclic) bond motifs is 1. The van der Waals surface area contributed by atoms with E-state index in [1.165, 1.54) is 0 Å². The van der Waals surface area contributed by atoms with Crippen LogP contribution in [0.4, 0.5) is 0 Å². The zero-order valence-corrected chi connectivity index (χ0v) is 22.1. The van der Waals surface area contributed by atoms with Gasteiger partial charge in [0.15, 0.2) is 5.65 Å². The molecule has 4 rings (SSSR count). The number of imidazole rings is 1. The highest BCUT2D eigenvalue weighted by Gasteiger charge is 2.28. The number of nitrogens with zero attached hydrogens (tertiary/aromatic N) is 3. The summed E-state index contributed by atoms with van der Waals surface area (Å²) in [6.07, 6.45) is 1.79. The number of carbonyl (C=O) groups is 1. The molecule has 0 unspecified atom stereocenters. The first-order valence-electron chi connectivity index (χ1n) is 12.1. The first-order valence-corrected chi connectivity index (χ1v) is 13.9. The fraction of sp³-hybridized carbons (Fsp3) is 0.321. The lowest BCUT2D eigenvalue weighted by molar-refractivity contribution is -0.123. The van der Waals surface area contributed by atoms with Crippen molar-refractivity contribution in [3.63, 3.8) is 0 Å². The molecule has 4 aromatic rings.